The lowest BCUT2D eigenvalue weighted by Crippen LogP contribution is -2.39. The highest BCUT2D eigenvalue weighted by molar-refractivity contribution is 5.93. The first-order valence-electron chi connectivity index (χ1n) is 7.65. The SMILES string of the molecule is CCc1c(C(=O)OC)cccc1N1CCCC(C(=O)OC)C1. The fourth-order valence-corrected chi connectivity index (χ4v) is 3.10. The minimum absolute atomic E-state index is 0.106. The molecule has 0 aliphatic carbocycles. The Labute approximate surface area is 131 Å². The summed E-state index contributed by atoms with van der Waals surface area (Å²) in [6.45, 7) is 3.53. The Kier molecular flexibility index (Phi) is 5.41. The van der Waals surface area contributed by atoms with Crippen LogP contribution in [0.3, 0.4) is 0 Å². The number of piperidine rings is 1. The number of ether oxygens (including phenoxy) is 2. The first-order valence-corrected chi connectivity index (χ1v) is 7.65. The molecule has 5 heteroatoms. The van der Waals surface area contributed by atoms with E-state index >= 15 is 0 Å². The topological polar surface area (TPSA) is 55.8 Å². The van der Waals surface area contributed by atoms with Gasteiger partial charge in [0.2, 0.25) is 0 Å². The van der Waals surface area contributed by atoms with Crippen molar-refractivity contribution in [2.24, 2.45) is 5.92 Å². The Morgan fingerprint density at radius 1 is 1.27 bits per heavy atom. The van der Waals surface area contributed by atoms with Crippen LogP contribution in [0.5, 0.6) is 0 Å². The van der Waals surface area contributed by atoms with E-state index in [4.69, 9.17) is 9.47 Å². The van der Waals surface area contributed by atoms with Crippen LogP contribution < -0.4 is 4.90 Å². The van der Waals surface area contributed by atoms with Gasteiger partial charge in [-0.2, -0.15) is 0 Å². The van der Waals surface area contributed by atoms with Gasteiger partial charge in [-0.3, -0.25) is 4.79 Å². The summed E-state index contributed by atoms with van der Waals surface area (Å²) in [5.41, 5.74) is 2.58. The van der Waals surface area contributed by atoms with Gasteiger partial charge in [-0.05, 0) is 37.0 Å². The molecule has 1 aromatic rings. The summed E-state index contributed by atoms with van der Waals surface area (Å²) in [4.78, 5) is 25.9. The van der Waals surface area contributed by atoms with Crippen LogP contribution in [0, 0.1) is 5.92 Å². The quantitative estimate of drug-likeness (QED) is 0.800. The van der Waals surface area contributed by atoms with Crippen LogP contribution in [0.4, 0.5) is 5.69 Å². The molecule has 0 spiro atoms. The Morgan fingerprint density at radius 2 is 2.05 bits per heavy atom. The van der Waals surface area contributed by atoms with Crippen molar-refractivity contribution >= 4 is 17.6 Å². The van der Waals surface area contributed by atoms with Crippen molar-refractivity contribution < 1.29 is 19.1 Å². The molecule has 0 radical (unpaired) electrons. The van der Waals surface area contributed by atoms with Gasteiger partial charge in [-0.1, -0.05) is 13.0 Å². The van der Waals surface area contributed by atoms with Crippen LogP contribution >= 0.6 is 0 Å². The summed E-state index contributed by atoms with van der Waals surface area (Å²) in [7, 11) is 2.82. The molecular weight excluding hydrogens is 282 g/mol. The first kappa shape index (κ1) is 16.3. The molecule has 0 amide bonds. The highest BCUT2D eigenvalue weighted by Crippen LogP contribution is 2.29. The normalized spacial score (nSPS) is 18.0. The maximum atomic E-state index is 11.9. The van der Waals surface area contributed by atoms with Crippen molar-refractivity contribution in [3.8, 4) is 0 Å². The van der Waals surface area contributed by atoms with Crippen LogP contribution in [-0.4, -0.2) is 39.2 Å². The third kappa shape index (κ3) is 3.24. The second-order valence-electron chi connectivity index (χ2n) is 5.46. The average Bonchev–Trinajstić information content (AvgIpc) is 2.59. The molecule has 2 rings (SSSR count). The number of benzene rings is 1. The van der Waals surface area contributed by atoms with Gasteiger partial charge in [-0.15, -0.1) is 0 Å². The van der Waals surface area contributed by atoms with Crippen molar-refractivity contribution in [2.75, 3.05) is 32.2 Å². The van der Waals surface area contributed by atoms with E-state index in [9.17, 15) is 9.59 Å². The summed E-state index contributed by atoms with van der Waals surface area (Å²) in [6, 6.07) is 5.66. The maximum Gasteiger partial charge on any atom is 0.338 e. The molecule has 0 saturated carbocycles. The molecule has 1 heterocycles. The summed E-state index contributed by atoms with van der Waals surface area (Å²) in [5.74, 6) is -0.586. The highest BCUT2D eigenvalue weighted by Gasteiger charge is 2.28. The monoisotopic (exact) mass is 305 g/mol. The lowest BCUT2D eigenvalue weighted by molar-refractivity contribution is -0.145. The van der Waals surface area contributed by atoms with Gasteiger partial charge in [0.1, 0.15) is 0 Å². The van der Waals surface area contributed by atoms with Crippen LogP contribution in [0.2, 0.25) is 0 Å². The molecule has 0 N–H and O–H groups in total. The van der Waals surface area contributed by atoms with E-state index in [-0.39, 0.29) is 17.9 Å². The minimum Gasteiger partial charge on any atom is -0.469 e. The average molecular weight is 305 g/mol. The number of methoxy groups -OCH3 is 2. The van der Waals surface area contributed by atoms with Crippen molar-refractivity contribution in [1.29, 1.82) is 0 Å². The smallest absolute Gasteiger partial charge is 0.338 e. The molecule has 1 saturated heterocycles. The molecule has 1 aliphatic heterocycles. The number of carbonyl (C=O) groups excluding carboxylic acids is 2. The molecule has 1 aromatic carbocycles. The van der Waals surface area contributed by atoms with Gasteiger partial charge in [0.05, 0.1) is 25.7 Å². The van der Waals surface area contributed by atoms with Gasteiger partial charge in [-0.25, -0.2) is 4.79 Å². The molecule has 5 nitrogen and oxygen atoms in total. The van der Waals surface area contributed by atoms with Gasteiger partial charge in [0.25, 0.3) is 0 Å². The summed E-state index contributed by atoms with van der Waals surface area (Å²) in [5, 5.41) is 0. The summed E-state index contributed by atoms with van der Waals surface area (Å²) < 4.78 is 9.74. The summed E-state index contributed by atoms with van der Waals surface area (Å²) >= 11 is 0. The Morgan fingerprint density at radius 3 is 2.68 bits per heavy atom. The standard InChI is InChI=1S/C17H23NO4/c1-4-13-14(17(20)22-3)8-5-9-15(13)18-10-6-7-12(11-18)16(19)21-2/h5,8-9,12H,4,6-7,10-11H2,1-3H3. The third-order valence-corrected chi connectivity index (χ3v) is 4.21. The molecule has 120 valence electrons. The largest absolute Gasteiger partial charge is 0.469 e. The van der Waals surface area contributed by atoms with E-state index < -0.39 is 0 Å². The Balaban J connectivity index is 2.31. The predicted octanol–water partition coefficient (Wildman–Crippen LogP) is 2.43. The number of carbonyl (C=O) groups is 2. The van der Waals surface area contributed by atoms with Gasteiger partial charge in [0.15, 0.2) is 0 Å². The zero-order valence-corrected chi connectivity index (χ0v) is 13.4. The molecule has 0 aromatic heterocycles. The van der Waals surface area contributed by atoms with E-state index in [0.717, 1.165) is 37.1 Å². The number of rotatable bonds is 4. The fourth-order valence-electron chi connectivity index (χ4n) is 3.10. The highest BCUT2D eigenvalue weighted by atomic mass is 16.5. The van der Waals surface area contributed by atoms with E-state index in [2.05, 4.69) is 4.90 Å². The van der Waals surface area contributed by atoms with Crippen molar-refractivity contribution in [3.05, 3.63) is 29.3 Å². The number of anilines is 1. The van der Waals surface area contributed by atoms with Crippen LogP contribution in [0.25, 0.3) is 0 Å². The molecule has 0 bridgehead atoms. The summed E-state index contributed by atoms with van der Waals surface area (Å²) in [6.07, 6.45) is 2.52. The second kappa shape index (κ2) is 7.29. The fraction of sp³-hybridized carbons (Fsp3) is 0.529. The predicted molar refractivity (Wildman–Crippen MR) is 84.1 cm³/mol. The Hall–Kier alpha value is -2.04. The van der Waals surface area contributed by atoms with E-state index in [0.29, 0.717) is 12.1 Å². The molecule has 1 aliphatic rings. The number of esters is 2. The molecule has 22 heavy (non-hydrogen) atoms. The van der Waals surface area contributed by atoms with Crippen LogP contribution in [0.15, 0.2) is 18.2 Å². The molecule has 1 unspecified atom stereocenters. The minimum atomic E-state index is -0.319. The van der Waals surface area contributed by atoms with E-state index in [1.807, 2.05) is 19.1 Å². The molecule has 1 fully saturated rings. The van der Waals surface area contributed by atoms with E-state index in [1.165, 1.54) is 14.2 Å². The van der Waals surface area contributed by atoms with Crippen LogP contribution in [0.1, 0.15) is 35.7 Å². The van der Waals surface area contributed by atoms with Crippen molar-refractivity contribution in [3.63, 3.8) is 0 Å². The van der Waals surface area contributed by atoms with Gasteiger partial charge < -0.3 is 14.4 Å². The Bertz CT molecular complexity index is 556. The molecular formula is C17H23NO4. The van der Waals surface area contributed by atoms with Crippen molar-refractivity contribution in [2.45, 2.75) is 26.2 Å². The first-order chi connectivity index (χ1) is 10.6. The zero-order valence-electron chi connectivity index (χ0n) is 13.4. The number of nitrogens with zero attached hydrogens (tertiary/aromatic N) is 1. The van der Waals surface area contributed by atoms with Crippen molar-refractivity contribution in [1.82, 2.24) is 0 Å². The third-order valence-electron chi connectivity index (χ3n) is 4.21. The lowest BCUT2D eigenvalue weighted by Gasteiger charge is -2.34. The second-order valence-corrected chi connectivity index (χ2v) is 5.46. The van der Waals surface area contributed by atoms with E-state index in [1.54, 1.807) is 6.07 Å². The number of hydrogen-bond donors (Lipinski definition) is 0. The molecule has 1 atom stereocenters. The van der Waals surface area contributed by atoms with Gasteiger partial charge in [0, 0.05) is 18.8 Å². The maximum absolute atomic E-state index is 11.9. The van der Waals surface area contributed by atoms with Crippen LogP contribution in [-0.2, 0) is 20.7 Å². The number of hydrogen-bond acceptors (Lipinski definition) is 5. The van der Waals surface area contributed by atoms with Gasteiger partial charge >= 0.3 is 11.9 Å². The zero-order chi connectivity index (χ0) is 16.1. The lowest BCUT2D eigenvalue weighted by atomic mass is 9.95.